The molecule has 1 N–H and O–H groups in total. The lowest BCUT2D eigenvalue weighted by molar-refractivity contribution is 0.283. The maximum Gasteiger partial charge on any atom is 0.00949 e. The first kappa shape index (κ1) is 12.0. The van der Waals surface area contributed by atoms with Crippen LogP contribution in [0.5, 0.6) is 0 Å². The largest absolute Gasteiger partial charge is 0.317 e. The van der Waals surface area contributed by atoms with Gasteiger partial charge in [0.1, 0.15) is 0 Å². The molecule has 0 aromatic rings. The minimum Gasteiger partial charge on any atom is -0.317 e. The van der Waals surface area contributed by atoms with Crippen molar-refractivity contribution >= 4 is 0 Å². The van der Waals surface area contributed by atoms with Crippen LogP contribution in [-0.2, 0) is 0 Å². The van der Waals surface area contributed by atoms with Gasteiger partial charge in [0, 0.05) is 6.04 Å². The molecule has 0 saturated heterocycles. The molecule has 0 radical (unpaired) electrons. The Labute approximate surface area is 89.7 Å². The van der Waals surface area contributed by atoms with E-state index in [2.05, 4.69) is 33.1 Å². The first-order chi connectivity index (χ1) is 6.65. The van der Waals surface area contributed by atoms with Gasteiger partial charge in [0.25, 0.3) is 0 Å². The van der Waals surface area contributed by atoms with Gasteiger partial charge in [-0.05, 0) is 44.1 Å². The smallest absolute Gasteiger partial charge is 0.00949 e. The average Bonchev–Trinajstić information content (AvgIpc) is 2.53. The molecule has 1 aliphatic carbocycles. The quantitative estimate of drug-likeness (QED) is 0.712. The molecule has 1 aliphatic rings. The minimum atomic E-state index is 0.773. The highest BCUT2D eigenvalue weighted by atomic mass is 14.9. The molecule has 3 atom stereocenters. The van der Waals surface area contributed by atoms with E-state index in [1.54, 1.807) is 0 Å². The second-order valence-corrected chi connectivity index (χ2v) is 5.44. The second kappa shape index (κ2) is 5.75. The standard InChI is InChI=1S/C13H27N/c1-10(2)8-9-13(14-4)12-7-5-6-11(12)3/h10-14H,5-9H2,1-4H3. The van der Waals surface area contributed by atoms with E-state index in [0.29, 0.717) is 0 Å². The molecule has 3 unspecified atom stereocenters. The molecule has 14 heavy (non-hydrogen) atoms. The Balaban J connectivity index is 2.36. The van der Waals surface area contributed by atoms with Crippen molar-refractivity contribution in [2.75, 3.05) is 7.05 Å². The zero-order chi connectivity index (χ0) is 10.6. The van der Waals surface area contributed by atoms with Crippen molar-refractivity contribution in [2.45, 2.75) is 58.9 Å². The molecular weight excluding hydrogens is 170 g/mol. The Morgan fingerprint density at radius 2 is 1.93 bits per heavy atom. The number of rotatable bonds is 5. The van der Waals surface area contributed by atoms with Gasteiger partial charge in [-0.3, -0.25) is 0 Å². The summed E-state index contributed by atoms with van der Waals surface area (Å²) in [5.74, 6) is 2.74. The fraction of sp³-hybridized carbons (Fsp3) is 1.00. The lowest BCUT2D eigenvalue weighted by atomic mass is 9.86. The molecule has 0 aromatic heterocycles. The van der Waals surface area contributed by atoms with Crippen LogP contribution >= 0.6 is 0 Å². The molecule has 0 bridgehead atoms. The summed E-state index contributed by atoms with van der Waals surface area (Å²) in [6.07, 6.45) is 7.08. The van der Waals surface area contributed by atoms with Crippen molar-refractivity contribution in [3.63, 3.8) is 0 Å². The van der Waals surface area contributed by atoms with E-state index in [-0.39, 0.29) is 0 Å². The van der Waals surface area contributed by atoms with Gasteiger partial charge in [0.15, 0.2) is 0 Å². The van der Waals surface area contributed by atoms with Crippen molar-refractivity contribution < 1.29 is 0 Å². The first-order valence-electron chi connectivity index (χ1n) is 6.32. The monoisotopic (exact) mass is 197 g/mol. The SMILES string of the molecule is CNC(CCC(C)C)C1CCCC1C. The summed E-state index contributed by atoms with van der Waals surface area (Å²) in [4.78, 5) is 0. The van der Waals surface area contributed by atoms with Crippen LogP contribution in [0, 0.1) is 17.8 Å². The van der Waals surface area contributed by atoms with Crippen molar-refractivity contribution in [2.24, 2.45) is 17.8 Å². The van der Waals surface area contributed by atoms with Gasteiger partial charge in [0.2, 0.25) is 0 Å². The molecule has 84 valence electrons. The Morgan fingerprint density at radius 3 is 2.36 bits per heavy atom. The van der Waals surface area contributed by atoms with E-state index in [4.69, 9.17) is 0 Å². The second-order valence-electron chi connectivity index (χ2n) is 5.44. The van der Waals surface area contributed by atoms with Crippen LogP contribution in [0.3, 0.4) is 0 Å². The number of hydrogen-bond donors (Lipinski definition) is 1. The van der Waals surface area contributed by atoms with Crippen LogP contribution in [0.25, 0.3) is 0 Å². The predicted molar refractivity (Wildman–Crippen MR) is 63.4 cm³/mol. The maximum atomic E-state index is 3.53. The van der Waals surface area contributed by atoms with Crippen LogP contribution in [0.4, 0.5) is 0 Å². The van der Waals surface area contributed by atoms with Crippen molar-refractivity contribution in [1.82, 2.24) is 5.32 Å². The third-order valence-corrected chi connectivity index (χ3v) is 3.87. The summed E-state index contributed by atoms with van der Waals surface area (Å²) < 4.78 is 0. The maximum absolute atomic E-state index is 3.53. The number of nitrogens with one attached hydrogen (secondary N) is 1. The summed E-state index contributed by atoms with van der Waals surface area (Å²) >= 11 is 0. The van der Waals surface area contributed by atoms with Gasteiger partial charge < -0.3 is 5.32 Å². The summed E-state index contributed by atoms with van der Waals surface area (Å²) in [5, 5.41) is 3.53. The molecule has 0 spiro atoms. The van der Waals surface area contributed by atoms with Gasteiger partial charge in [-0.25, -0.2) is 0 Å². The minimum absolute atomic E-state index is 0.773. The topological polar surface area (TPSA) is 12.0 Å². The fourth-order valence-corrected chi connectivity index (χ4v) is 2.86. The lowest BCUT2D eigenvalue weighted by Crippen LogP contribution is -2.35. The van der Waals surface area contributed by atoms with Gasteiger partial charge in [-0.15, -0.1) is 0 Å². The highest BCUT2D eigenvalue weighted by molar-refractivity contribution is 4.84. The Kier molecular flexibility index (Phi) is 4.94. The van der Waals surface area contributed by atoms with Crippen molar-refractivity contribution in [3.8, 4) is 0 Å². The van der Waals surface area contributed by atoms with Gasteiger partial charge in [-0.1, -0.05) is 33.6 Å². The fourth-order valence-electron chi connectivity index (χ4n) is 2.86. The predicted octanol–water partition coefficient (Wildman–Crippen LogP) is 3.45. The Bertz CT molecular complexity index is 153. The van der Waals surface area contributed by atoms with E-state index in [0.717, 1.165) is 23.8 Å². The molecule has 0 amide bonds. The third kappa shape index (κ3) is 3.27. The average molecular weight is 197 g/mol. The first-order valence-corrected chi connectivity index (χ1v) is 6.32. The van der Waals surface area contributed by atoms with Crippen LogP contribution < -0.4 is 5.32 Å². The van der Waals surface area contributed by atoms with Crippen LogP contribution in [0.15, 0.2) is 0 Å². The molecule has 1 nitrogen and oxygen atoms in total. The Hall–Kier alpha value is -0.0400. The van der Waals surface area contributed by atoms with E-state index < -0.39 is 0 Å². The summed E-state index contributed by atoms with van der Waals surface area (Å²) in [6.45, 7) is 7.08. The highest BCUT2D eigenvalue weighted by Gasteiger charge is 2.29. The summed E-state index contributed by atoms with van der Waals surface area (Å²) in [6, 6.07) is 0.773. The molecule has 1 rings (SSSR count). The zero-order valence-electron chi connectivity index (χ0n) is 10.3. The van der Waals surface area contributed by atoms with Gasteiger partial charge in [-0.2, -0.15) is 0 Å². The van der Waals surface area contributed by atoms with Crippen LogP contribution in [0.2, 0.25) is 0 Å². The molecule has 0 heterocycles. The van der Waals surface area contributed by atoms with Gasteiger partial charge >= 0.3 is 0 Å². The molecule has 0 aliphatic heterocycles. The van der Waals surface area contributed by atoms with Crippen LogP contribution in [0.1, 0.15) is 52.9 Å². The number of hydrogen-bond acceptors (Lipinski definition) is 1. The van der Waals surface area contributed by atoms with E-state index in [1.165, 1.54) is 32.1 Å². The van der Waals surface area contributed by atoms with E-state index in [9.17, 15) is 0 Å². The highest BCUT2D eigenvalue weighted by Crippen LogP contribution is 2.35. The van der Waals surface area contributed by atoms with E-state index >= 15 is 0 Å². The molecule has 1 fully saturated rings. The summed E-state index contributed by atoms with van der Waals surface area (Å²) in [5.41, 5.74) is 0. The summed E-state index contributed by atoms with van der Waals surface area (Å²) in [7, 11) is 2.13. The Morgan fingerprint density at radius 1 is 1.21 bits per heavy atom. The molecule has 1 saturated carbocycles. The van der Waals surface area contributed by atoms with Crippen LogP contribution in [-0.4, -0.2) is 13.1 Å². The zero-order valence-corrected chi connectivity index (χ0v) is 10.3. The lowest BCUT2D eigenvalue weighted by Gasteiger charge is -2.27. The van der Waals surface area contributed by atoms with Gasteiger partial charge in [0.05, 0.1) is 0 Å². The molecule has 1 heteroatoms. The third-order valence-electron chi connectivity index (χ3n) is 3.87. The van der Waals surface area contributed by atoms with Crippen molar-refractivity contribution in [3.05, 3.63) is 0 Å². The molecule has 0 aromatic carbocycles. The van der Waals surface area contributed by atoms with E-state index in [1.807, 2.05) is 0 Å². The molecular formula is C13H27N. The normalized spacial score (nSPS) is 29.8. The van der Waals surface area contributed by atoms with Crippen molar-refractivity contribution in [1.29, 1.82) is 0 Å².